The fourth-order valence-corrected chi connectivity index (χ4v) is 4.53. The standard InChI is InChI=1S/C20H22N2O5S/c23-20(21-15-5-1-2-6-15)14-4-3-7-16(12-14)22-28(24,25)17-8-9-18-19(13-17)27-11-10-26-18/h3-4,7-9,12-13,15,22H,1-2,5-6,10-11H2,(H,21,23). The van der Waals surface area contributed by atoms with Crippen molar-refractivity contribution in [3.8, 4) is 11.5 Å². The molecule has 1 amide bonds. The van der Waals surface area contributed by atoms with Gasteiger partial charge in [0, 0.05) is 23.4 Å². The number of carbonyl (C=O) groups is 1. The van der Waals surface area contributed by atoms with E-state index in [0.717, 1.165) is 25.7 Å². The molecule has 2 aliphatic rings. The lowest BCUT2D eigenvalue weighted by molar-refractivity contribution is 0.0938. The number of hydrogen-bond donors (Lipinski definition) is 2. The molecule has 1 fully saturated rings. The summed E-state index contributed by atoms with van der Waals surface area (Å²) in [6.07, 6.45) is 4.23. The maximum Gasteiger partial charge on any atom is 0.262 e. The second kappa shape index (κ2) is 7.71. The fourth-order valence-electron chi connectivity index (χ4n) is 3.47. The van der Waals surface area contributed by atoms with Gasteiger partial charge in [0.05, 0.1) is 4.90 Å². The van der Waals surface area contributed by atoms with Crippen LogP contribution in [0.3, 0.4) is 0 Å². The molecular weight excluding hydrogens is 380 g/mol. The van der Waals surface area contributed by atoms with Crippen LogP contribution in [0.25, 0.3) is 0 Å². The van der Waals surface area contributed by atoms with Gasteiger partial charge < -0.3 is 14.8 Å². The van der Waals surface area contributed by atoms with E-state index in [0.29, 0.717) is 36.0 Å². The SMILES string of the molecule is O=C(NC1CCCC1)c1cccc(NS(=O)(=O)c2ccc3c(c2)OCCO3)c1. The van der Waals surface area contributed by atoms with Crippen molar-refractivity contribution in [1.82, 2.24) is 5.32 Å². The maximum absolute atomic E-state index is 12.7. The summed E-state index contributed by atoms with van der Waals surface area (Å²) in [5, 5.41) is 3.00. The molecule has 0 atom stereocenters. The molecule has 148 valence electrons. The van der Waals surface area contributed by atoms with Gasteiger partial charge in [0.2, 0.25) is 0 Å². The van der Waals surface area contributed by atoms with Crippen molar-refractivity contribution >= 4 is 21.6 Å². The zero-order chi connectivity index (χ0) is 19.6. The molecule has 0 unspecified atom stereocenters. The summed E-state index contributed by atoms with van der Waals surface area (Å²) in [6, 6.07) is 11.2. The zero-order valence-corrected chi connectivity index (χ0v) is 16.1. The maximum atomic E-state index is 12.7. The van der Waals surface area contributed by atoms with Gasteiger partial charge in [-0.15, -0.1) is 0 Å². The Balaban J connectivity index is 1.51. The zero-order valence-electron chi connectivity index (χ0n) is 15.3. The molecule has 0 bridgehead atoms. The van der Waals surface area contributed by atoms with E-state index in [1.165, 1.54) is 12.1 Å². The fraction of sp³-hybridized carbons (Fsp3) is 0.350. The number of hydrogen-bond acceptors (Lipinski definition) is 5. The van der Waals surface area contributed by atoms with Crippen LogP contribution in [0.15, 0.2) is 47.4 Å². The number of amides is 1. The smallest absolute Gasteiger partial charge is 0.262 e. The van der Waals surface area contributed by atoms with E-state index in [2.05, 4.69) is 10.0 Å². The van der Waals surface area contributed by atoms with E-state index < -0.39 is 10.0 Å². The van der Waals surface area contributed by atoms with Crippen molar-refractivity contribution in [2.24, 2.45) is 0 Å². The summed E-state index contributed by atoms with van der Waals surface area (Å²) in [7, 11) is -3.83. The molecular formula is C20H22N2O5S. The highest BCUT2D eigenvalue weighted by Gasteiger charge is 2.21. The van der Waals surface area contributed by atoms with Crippen molar-refractivity contribution in [3.05, 3.63) is 48.0 Å². The van der Waals surface area contributed by atoms with Gasteiger partial charge in [-0.3, -0.25) is 9.52 Å². The Morgan fingerprint density at radius 2 is 1.71 bits per heavy atom. The van der Waals surface area contributed by atoms with Gasteiger partial charge in [-0.05, 0) is 43.2 Å². The second-order valence-electron chi connectivity index (χ2n) is 6.95. The van der Waals surface area contributed by atoms with Crippen LogP contribution in [0.2, 0.25) is 0 Å². The van der Waals surface area contributed by atoms with Gasteiger partial charge in [-0.2, -0.15) is 0 Å². The van der Waals surface area contributed by atoms with Crippen LogP contribution >= 0.6 is 0 Å². The van der Waals surface area contributed by atoms with Crippen LogP contribution < -0.4 is 19.5 Å². The lowest BCUT2D eigenvalue weighted by Gasteiger charge is -2.19. The first-order valence-corrected chi connectivity index (χ1v) is 10.8. The van der Waals surface area contributed by atoms with E-state index in [4.69, 9.17) is 9.47 Å². The summed E-state index contributed by atoms with van der Waals surface area (Å²) < 4.78 is 38.9. The molecule has 28 heavy (non-hydrogen) atoms. The van der Waals surface area contributed by atoms with Gasteiger partial charge in [0.25, 0.3) is 15.9 Å². The van der Waals surface area contributed by atoms with Crippen LogP contribution in [0.5, 0.6) is 11.5 Å². The Labute approximate surface area is 164 Å². The average molecular weight is 402 g/mol. The highest BCUT2D eigenvalue weighted by atomic mass is 32.2. The van der Waals surface area contributed by atoms with E-state index >= 15 is 0 Å². The molecule has 4 rings (SSSR count). The molecule has 2 aromatic carbocycles. The molecule has 8 heteroatoms. The second-order valence-corrected chi connectivity index (χ2v) is 8.63. The van der Waals surface area contributed by atoms with Gasteiger partial charge in [0.15, 0.2) is 11.5 Å². The average Bonchev–Trinajstić information content (AvgIpc) is 3.20. The third-order valence-electron chi connectivity index (χ3n) is 4.89. The van der Waals surface area contributed by atoms with Gasteiger partial charge in [-0.25, -0.2) is 8.42 Å². The van der Waals surface area contributed by atoms with Crippen LogP contribution in [-0.2, 0) is 10.0 Å². The molecule has 0 spiro atoms. The molecule has 0 saturated heterocycles. The molecule has 1 saturated carbocycles. The van der Waals surface area contributed by atoms with Crippen LogP contribution in [0.1, 0.15) is 36.0 Å². The van der Waals surface area contributed by atoms with E-state index in [1.54, 1.807) is 30.3 Å². The number of carbonyl (C=O) groups excluding carboxylic acids is 1. The molecule has 0 aromatic heterocycles. The van der Waals surface area contributed by atoms with Gasteiger partial charge in [0.1, 0.15) is 13.2 Å². The van der Waals surface area contributed by atoms with Crippen molar-refractivity contribution in [2.45, 2.75) is 36.6 Å². The molecule has 1 aliphatic carbocycles. The van der Waals surface area contributed by atoms with Gasteiger partial charge >= 0.3 is 0 Å². The minimum Gasteiger partial charge on any atom is -0.486 e. The number of anilines is 1. The van der Waals surface area contributed by atoms with Crippen molar-refractivity contribution in [2.75, 3.05) is 17.9 Å². The Kier molecular flexibility index (Phi) is 5.13. The number of rotatable bonds is 5. The minimum absolute atomic E-state index is 0.0672. The molecule has 1 aliphatic heterocycles. The third-order valence-corrected chi connectivity index (χ3v) is 6.27. The van der Waals surface area contributed by atoms with E-state index in [-0.39, 0.29) is 16.8 Å². The first-order chi connectivity index (χ1) is 13.5. The van der Waals surface area contributed by atoms with E-state index in [9.17, 15) is 13.2 Å². The number of nitrogens with one attached hydrogen (secondary N) is 2. The molecule has 7 nitrogen and oxygen atoms in total. The Hall–Kier alpha value is -2.74. The largest absolute Gasteiger partial charge is 0.486 e. The van der Waals surface area contributed by atoms with Crippen LogP contribution in [0.4, 0.5) is 5.69 Å². The highest BCUT2D eigenvalue weighted by molar-refractivity contribution is 7.92. The first-order valence-electron chi connectivity index (χ1n) is 9.35. The summed E-state index contributed by atoms with van der Waals surface area (Å²) in [5.74, 6) is 0.738. The Morgan fingerprint density at radius 1 is 0.964 bits per heavy atom. The van der Waals surface area contributed by atoms with Crippen LogP contribution in [0, 0.1) is 0 Å². The van der Waals surface area contributed by atoms with Crippen molar-refractivity contribution in [1.29, 1.82) is 0 Å². The predicted molar refractivity (Wildman–Crippen MR) is 104 cm³/mol. The lowest BCUT2D eigenvalue weighted by atomic mass is 10.1. The summed E-state index contributed by atoms with van der Waals surface area (Å²) in [6.45, 7) is 0.815. The minimum atomic E-state index is -3.83. The van der Waals surface area contributed by atoms with E-state index in [1.807, 2.05) is 0 Å². The van der Waals surface area contributed by atoms with Gasteiger partial charge in [-0.1, -0.05) is 18.9 Å². The lowest BCUT2D eigenvalue weighted by Crippen LogP contribution is -2.32. The molecule has 2 aromatic rings. The summed E-state index contributed by atoms with van der Waals surface area (Å²) in [4.78, 5) is 12.5. The number of sulfonamides is 1. The normalized spacial score (nSPS) is 16.6. The quantitative estimate of drug-likeness (QED) is 0.802. The van der Waals surface area contributed by atoms with Crippen molar-refractivity contribution < 1.29 is 22.7 Å². The topological polar surface area (TPSA) is 93.7 Å². The molecule has 0 radical (unpaired) electrons. The Bertz CT molecular complexity index is 984. The number of ether oxygens (including phenoxy) is 2. The summed E-state index contributed by atoms with van der Waals surface area (Å²) >= 11 is 0. The monoisotopic (exact) mass is 402 g/mol. The van der Waals surface area contributed by atoms with Crippen molar-refractivity contribution in [3.63, 3.8) is 0 Å². The third kappa shape index (κ3) is 4.06. The van der Waals surface area contributed by atoms with Crippen LogP contribution in [-0.4, -0.2) is 33.6 Å². The number of benzene rings is 2. The summed E-state index contributed by atoms with van der Waals surface area (Å²) in [5.41, 5.74) is 0.753. The highest BCUT2D eigenvalue weighted by Crippen LogP contribution is 2.32. The predicted octanol–water partition coefficient (Wildman–Crippen LogP) is 2.93. The molecule has 2 N–H and O–H groups in total. The Morgan fingerprint density at radius 3 is 2.50 bits per heavy atom. The molecule has 1 heterocycles. The number of fused-ring (bicyclic) bond motifs is 1. The first kappa shape index (κ1) is 18.6.